The molecule has 0 aromatic rings. The van der Waals surface area contributed by atoms with E-state index >= 15 is 0 Å². The zero-order valence-corrected chi connectivity index (χ0v) is 48.9. The van der Waals surface area contributed by atoms with Gasteiger partial charge >= 0.3 is 17.9 Å². The van der Waals surface area contributed by atoms with Crippen LogP contribution in [-0.4, -0.2) is 37.2 Å². The monoisotopic (exact) mass is 1020 g/mol. The first-order chi connectivity index (χ1) is 36.0. The molecule has 0 aromatic carbocycles. The molecule has 0 amide bonds. The van der Waals surface area contributed by atoms with Crippen LogP contribution in [0.1, 0.15) is 342 Å². The molecule has 0 radical (unpaired) electrons. The maximum Gasteiger partial charge on any atom is 0.306 e. The summed E-state index contributed by atoms with van der Waals surface area (Å²) in [6.07, 6.45) is 76.8. The van der Waals surface area contributed by atoms with Crippen molar-refractivity contribution in [2.24, 2.45) is 0 Å². The summed E-state index contributed by atoms with van der Waals surface area (Å²) in [5.41, 5.74) is 0. The Balaban J connectivity index is 4.32. The zero-order valence-electron chi connectivity index (χ0n) is 48.9. The van der Waals surface area contributed by atoms with Gasteiger partial charge in [0.2, 0.25) is 0 Å². The fourth-order valence-corrected chi connectivity index (χ4v) is 9.41. The number of carbonyl (C=O) groups excluding carboxylic acids is 3. The molecule has 0 fully saturated rings. The van der Waals surface area contributed by atoms with E-state index in [2.05, 4.69) is 69.4 Å². The number of allylic oxidation sites excluding steroid dienone is 8. The van der Waals surface area contributed by atoms with E-state index in [4.69, 9.17) is 14.2 Å². The molecule has 1 atom stereocenters. The standard InChI is InChI=1S/C67H122O6/c1-4-7-10-13-16-19-22-25-27-29-31-33-35-37-39-42-45-48-51-54-57-60-66(69)72-63-64(62-71-65(68)59-56-53-50-47-44-41-24-21-18-15-12-9-6-3)73-67(70)61-58-55-52-49-46-43-40-38-36-34-32-30-28-26-23-20-17-14-11-8-5-2/h21-22,24-25,29-32,64H,4-20,23,26-28,33-63H2,1-3H3/b24-21-,25-22-,31-29-,32-30-. The molecule has 73 heavy (non-hydrogen) atoms. The molecule has 0 heterocycles. The van der Waals surface area contributed by atoms with Crippen molar-refractivity contribution < 1.29 is 28.6 Å². The number of ether oxygens (including phenoxy) is 3. The van der Waals surface area contributed by atoms with Crippen molar-refractivity contribution in [3.8, 4) is 0 Å². The van der Waals surface area contributed by atoms with Crippen molar-refractivity contribution in [1.82, 2.24) is 0 Å². The molecule has 0 bridgehead atoms. The van der Waals surface area contributed by atoms with E-state index in [9.17, 15) is 14.4 Å². The van der Waals surface area contributed by atoms with Gasteiger partial charge < -0.3 is 14.2 Å². The predicted octanol–water partition coefficient (Wildman–Crippen LogP) is 21.8. The van der Waals surface area contributed by atoms with Gasteiger partial charge in [0.15, 0.2) is 6.10 Å². The van der Waals surface area contributed by atoms with Crippen molar-refractivity contribution in [2.75, 3.05) is 13.2 Å². The molecule has 0 saturated heterocycles. The van der Waals surface area contributed by atoms with Crippen LogP contribution < -0.4 is 0 Å². The van der Waals surface area contributed by atoms with Crippen LogP contribution in [-0.2, 0) is 28.6 Å². The van der Waals surface area contributed by atoms with E-state index in [1.807, 2.05) is 0 Å². The van der Waals surface area contributed by atoms with Crippen LogP contribution in [0.4, 0.5) is 0 Å². The molecular weight excluding hydrogens is 901 g/mol. The van der Waals surface area contributed by atoms with Crippen molar-refractivity contribution in [3.05, 3.63) is 48.6 Å². The van der Waals surface area contributed by atoms with Gasteiger partial charge in [0, 0.05) is 19.3 Å². The number of esters is 3. The molecular formula is C67H122O6. The van der Waals surface area contributed by atoms with E-state index < -0.39 is 6.10 Å². The summed E-state index contributed by atoms with van der Waals surface area (Å²) in [6, 6.07) is 0. The van der Waals surface area contributed by atoms with E-state index in [1.54, 1.807) is 0 Å². The van der Waals surface area contributed by atoms with E-state index in [0.717, 1.165) is 70.6 Å². The second-order valence-corrected chi connectivity index (χ2v) is 21.7. The molecule has 0 aliphatic carbocycles. The first kappa shape index (κ1) is 70.4. The van der Waals surface area contributed by atoms with Gasteiger partial charge in [-0.15, -0.1) is 0 Å². The summed E-state index contributed by atoms with van der Waals surface area (Å²) in [5.74, 6) is -0.873. The Labute approximate surface area is 454 Å². The van der Waals surface area contributed by atoms with Crippen LogP contribution in [0, 0.1) is 0 Å². The smallest absolute Gasteiger partial charge is 0.306 e. The Morgan fingerprint density at radius 2 is 0.493 bits per heavy atom. The molecule has 426 valence electrons. The number of rotatable bonds is 59. The average Bonchev–Trinajstić information content (AvgIpc) is 3.39. The van der Waals surface area contributed by atoms with E-state index in [0.29, 0.717) is 19.3 Å². The molecule has 1 unspecified atom stereocenters. The Kier molecular flexibility index (Phi) is 59.7. The highest BCUT2D eigenvalue weighted by molar-refractivity contribution is 5.71. The lowest BCUT2D eigenvalue weighted by molar-refractivity contribution is -0.167. The average molecular weight is 1020 g/mol. The Hall–Kier alpha value is -2.63. The highest BCUT2D eigenvalue weighted by atomic mass is 16.6. The summed E-state index contributed by atoms with van der Waals surface area (Å²) in [4.78, 5) is 38.3. The molecule has 0 saturated carbocycles. The van der Waals surface area contributed by atoms with Crippen LogP contribution >= 0.6 is 0 Å². The maximum atomic E-state index is 12.9. The number of hydrogen-bond acceptors (Lipinski definition) is 6. The SMILES string of the molecule is CCCCCC/C=C\CCCCCCCC(=O)OCC(COC(=O)CCCCCCCCCCC/C=C\C/C=C\CCCCCCC)OC(=O)CCCCCCCCCCC/C=C\CCCCCCCCCC. The largest absolute Gasteiger partial charge is 0.462 e. The first-order valence-electron chi connectivity index (χ1n) is 32.1. The third-order valence-electron chi connectivity index (χ3n) is 14.3. The predicted molar refractivity (Wildman–Crippen MR) is 316 cm³/mol. The number of hydrogen-bond donors (Lipinski definition) is 0. The fourth-order valence-electron chi connectivity index (χ4n) is 9.41. The Bertz CT molecular complexity index is 1270. The fraction of sp³-hybridized carbons (Fsp3) is 0.836. The summed E-state index contributed by atoms with van der Waals surface area (Å²) in [6.45, 7) is 6.65. The molecule has 0 aliphatic rings. The van der Waals surface area contributed by atoms with Crippen LogP contribution in [0.5, 0.6) is 0 Å². The number of carbonyl (C=O) groups is 3. The third kappa shape index (κ3) is 60.1. The summed E-state index contributed by atoms with van der Waals surface area (Å²) < 4.78 is 16.9. The Morgan fingerprint density at radius 1 is 0.274 bits per heavy atom. The highest BCUT2D eigenvalue weighted by Crippen LogP contribution is 2.16. The molecule has 6 nitrogen and oxygen atoms in total. The van der Waals surface area contributed by atoms with Crippen molar-refractivity contribution >= 4 is 17.9 Å². The molecule has 0 aliphatic heterocycles. The normalized spacial score (nSPS) is 12.3. The lowest BCUT2D eigenvalue weighted by Crippen LogP contribution is -2.30. The second-order valence-electron chi connectivity index (χ2n) is 21.7. The summed E-state index contributed by atoms with van der Waals surface area (Å²) in [5, 5.41) is 0. The quantitative estimate of drug-likeness (QED) is 0.0261. The summed E-state index contributed by atoms with van der Waals surface area (Å²) in [7, 11) is 0. The lowest BCUT2D eigenvalue weighted by atomic mass is 10.1. The zero-order chi connectivity index (χ0) is 52.9. The van der Waals surface area contributed by atoms with Gasteiger partial charge in [-0.05, 0) is 103 Å². The van der Waals surface area contributed by atoms with Crippen LogP contribution in [0.3, 0.4) is 0 Å². The van der Waals surface area contributed by atoms with E-state index in [-0.39, 0.29) is 31.1 Å². The van der Waals surface area contributed by atoms with Gasteiger partial charge in [0.25, 0.3) is 0 Å². The third-order valence-corrected chi connectivity index (χ3v) is 14.3. The van der Waals surface area contributed by atoms with Gasteiger partial charge in [0.1, 0.15) is 13.2 Å². The minimum Gasteiger partial charge on any atom is -0.462 e. The Morgan fingerprint density at radius 3 is 0.781 bits per heavy atom. The van der Waals surface area contributed by atoms with Crippen LogP contribution in [0.2, 0.25) is 0 Å². The lowest BCUT2D eigenvalue weighted by Gasteiger charge is -2.18. The van der Waals surface area contributed by atoms with Crippen molar-refractivity contribution in [1.29, 1.82) is 0 Å². The van der Waals surface area contributed by atoms with Crippen LogP contribution in [0.25, 0.3) is 0 Å². The topological polar surface area (TPSA) is 78.9 Å². The minimum absolute atomic E-state index is 0.0767. The molecule has 6 heteroatoms. The summed E-state index contributed by atoms with van der Waals surface area (Å²) >= 11 is 0. The second kappa shape index (κ2) is 61.9. The minimum atomic E-state index is -0.779. The van der Waals surface area contributed by atoms with Gasteiger partial charge in [-0.3, -0.25) is 14.4 Å². The maximum absolute atomic E-state index is 12.9. The van der Waals surface area contributed by atoms with Gasteiger partial charge in [-0.2, -0.15) is 0 Å². The molecule has 0 aromatic heterocycles. The van der Waals surface area contributed by atoms with Crippen LogP contribution in [0.15, 0.2) is 48.6 Å². The van der Waals surface area contributed by atoms with Gasteiger partial charge in [-0.25, -0.2) is 0 Å². The van der Waals surface area contributed by atoms with Gasteiger partial charge in [0.05, 0.1) is 0 Å². The highest BCUT2D eigenvalue weighted by Gasteiger charge is 2.19. The number of unbranched alkanes of at least 4 members (excludes halogenated alkanes) is 40. The van der Waals surface area contributed by atoms with Crippen molar-refractivity contribution in [3.63, 3.8) is 0 Å². The first-order valence-corrected chi connectivity index (χ1v) is 32.1. The molecule has 0 rings (SSSR count). The molecule has 0 spiro atoms. The van der Waals surface area contributed by atoms with Crippen molar-refractivity contribution in [2.45, 2.75) is 348 Å². The van der Waals surface area contributed by atoms with E-state index in [1.165, 1.54) is 231 Å². The van der Waals surface area contributed by atoms with Gasteiger partial charge in [-0.1, -0.05) is 268 Å². The molecule has 0 N–H and O–H groups in total.